The first-order chi connectivity index (χ1) is 16.9. The summed E-state index contributed by atoms with van der Waals surface area (Å²) in [5.74, 6) is 1.12. The van der Waals surface area contributed by atoms with Gasteiger partial charge in [0, 0.05) is 42.8 Å². The summed E-state index contributed by atoms with van der Waals surface area (Å²) >= 11 is 0. The van der Waals surface area contributed by atoms with Crippen LogP contribution in [0.5, 0.6) is 0 Å². The van der Waals surface area contributed by atoms with Crippen LogP contribution in [0.2, 0.25) is 0 Å². The Bertz CT molecular complexity index is 1150. The van der Waals surface area contributed by atoms with Gasteiger partial charge in [0.15, 0.2) is 5.82 Å². The predicted molar refractivity (Wildman–Crippen MR) is 137 cm³/mol. The van der Waals surface area contributed by atoms with E-state index < -0.39 is 10.6 Å². The smallest absolute Gasteiger partial charge is 0.319 e. The van der Waals surface area contributed by atoms with Crippen molar-refractivity contribution in [3.05, 3.63) is 60.6 Å². The van der Waals surface area contributed by atoms with Crippen molar-refractivity contribution in [3.63, 3.8) is 0 Å². The second-order valence-electron chi connectivity index (χ2n) is 8.21. The number of aromatic nitrogens is 3. The number of ether oxygens (including phenoxy) is 1. The maximum absolute atomic E-state index is 11.8. The van der Waals surface area contributed by atoms with Gasteiger partial charge in [-0.3, -0.25) is 14.1 Å². The number of nitrogens with one attached hydrogen (secondary N) is 2. The minimum Gasteiger partial charge on any atom is -0.377 e. The molecule has 3 aromatic rings. The Labute approximate surface area is 206 Å². The van der Waals surface area contributed by atoms with Gasteiger partial charge in [-0.1, -0.05) is 0 Å². The predicted octanol–water partition coefficient (Wildman–Crippen LogP) is 4.21. The summed E-state index contributed by atoms with van der Waals surface area (Å²) in [5, 5.41) is 5.46. The molecule has 0 unspecified atom stereocenters. The lowest BCUT2D eigenvalue weighted by molar-refractivity contribution is 0.0985. The van der Waals surface area contributed by atoms with Crippen LogP contribution in [0.4, 0.5) is 16.3 Å². The number of carbonyl (C=O) groups excluding carboxylic acids is 1. The zero-order valence-corrected chi connectivity index (χ0v) is 20.5. The van der Waals surface area contributed by atoms with Gasteiger partial charge in [0.05, 0.1) is 35.6 Å². The first-order valence-corrected chi connectivity index (χ1v) is 13.1. The first-order valence-electron chi connectivity index (χ1n) is 11.4. The molecular formula is C24H30N6O4S. The van der Waals surface area contributed by atoms with Crippen molar-refractivity contribution in [2.75, 3.05) is 36.5 Å². The highest BCUT2D eigenvalue weighted by atomic mass is 32.3. The molecule has 1 saturated heterocycles. The van der Waals surface area contributed by atoms with Crippen LogP contribution in [0.25, 0.3) is 11.4 Å². The molecule has 2 aromatic heterocycles. The van der Waals surface area contributed by atoms with Crippen LogP contribution in [0, 0.1) is 0 Å². The number of morpholine rings is 1. The molecule has 2 amide bonds. The topological polar surface area (TPSA) is 133 Å². The van der Waals surface area contributed by atoms with E-state index in [0.29, 0.717) is 54.2 Å². The van der Waals surface area contributed by atoms with Crippen LogP contribution in [0.3, 0.4) is 0 Å². The standard InChI is InChI=1S/C24H30N6O4S/c1-3-26-24(31)28-19-6-4-18(5-7-19)23-27-20(16-35(32,33)21-8-10-25-11-9-21)14-22(29-23)30-12-13-34-15-17(30)2/h4-11,14,17,32-33H,3,12-13,15-16H2,1-2H3,(H2,26,28,31)/t17-/m0/s1. The molecule has 0 aliphatic carbocycles. The van der Waals surface area contributed by atoms with Crippen molar-refractivity contribution in [1.29, 1.82) is 0 Å². The average molecular weight is 499 g/mol. The van der Waals surface area contributed by atoms with Crippen LogP contribution < -0.4 is 15.5 Å². The molecule has 4 rings (SSSR count). The quantitative estimate of drug-likeness (QED) is 0.381. The van der Waals surface area contributed by atoms with Crippen molar-refractivity contribution in [3.8, 4) is 11.4 Å². The summed E-state index contributed by atoms with van der Waals surface area (Å²) in [7, 11) is -3.13. The lowest BCUT2D eigenvalue weighted by Gasteiger charge is -2.35. The summed E-state index contributed by atoms with van der Waals surface area (Å²) < 4.78 is 27.4. The molecule has 11 heteroatoms. The second-order valence-corrected chi connectivity index (χ2v) is 10.3. The number of carbonyl (C=O) groups is 1. The van der Waals surface area contributed by atoms with Crippen LogP contribution in [0.15, 0.2) is 59.8 Å². The molecule has 1 aromatic carbocycles. The molecule has 0 bridgehead atoms. The average Bonchev–Trinajstić information content (AvgIpc) is 2.85. The molecule has 0 spiro atoms. The summed E-state index contributed by atoms with van der Waals surface area (Å²) in [6, 6.07) is 12.1. The highest BCUT2D eigenvalue weighted by Gasteiger charge is 2.24. The lowest BCUT2D eigenvalue weighted by Crippen LogP contribution is -2.44. The molecule has 186 valence electrons. The van der Waals surface area contributed by atoms with E-state index in [1.54, 1.807) is 24.3 Å². The highest BCUT2D eigenvalue weighted by molar-refractivity contribution is 8.23. The van der Waals surface area contributed by atoms with Crippen molar-refractivity contribution >= 4 is 28.1 Å². The third-order valence-corrected chi connectivity index (χ3v) is 7.27. The Morgan fingerprint density at radius 1 is 1.17 bits per heavy atom. The SMILES string of the molecule is CCNC(=O)Nc1ccc(-c2nc(CS(O)(O)c3ccncc3)cc(N3CCOC[C@@H]3C)n2)cc1. The van der Waals surface area contributed by atoms with Gasteiger partial charge >= 0.3 is 6.03 Å². The molecule has 1 aliphatic heterocycles. The third-order valence-electron chi connectivity index (χ3n) is 5.54. The van der Waals surface area contributed by atoms with Gasteiger partial charge in [-0.2, -0.15) is 10.6 Å². The Morgan fingerprint density at radius 3 is 2.60 bits per heavy atom. The number of nitrogens with zero attached hydrogens (tertiary/aromatic N) is 4. The zero-order valence-electron chi connectivity index (χ0n) is 19.7. The van der Waals surface area contributed by atoms with Crippen molar-refractivity contribution in [1.82, 2.24) is 20.3 Å². The number of amides is 2. The molecule has 35 heavy (non-hydrogen) atoms. The van der Waals surface area contributed by atoms with Gasteiger partial charge in [0.25, 0.3) is 0 Å². The normalized spacial score (nSPS) is 16.6. The zero-order chi connectivity index (χ0) is 24.8. The van der Waals surface area contributed by atoms with E-state index in [0.717, 1.165) is 5.56 Å². The molecule has 1 aliphatic rings. The molecule has 0 radical (unpaired) electrons. The van der Waals surface area contributed by atoms with Crippen LogP contribution in [-0.2, 0) is 10.5 Å². The monoisotopic (exact) mass is 498 g/mol. The number of benzene rings is 1. The van der Waals surface area contributed by atoms with Gasteiger partial charge in [-0.05, 0) is 50.2 Å². The first kappa shape index (κ1) is 24.9. The van der Waals surface area contributed by atoms with Gasteiger partial charge < -0.3 is 20.3 Å². The lowest BCUT2D eigenvalue weighted by atomic mass is 10.2. The Kier molecular flexibility index (Phi) is 7.81. The molecule has 10 nitrogen and oxygen atoms in total. The van der Waals surface area contributed by atoms with Crippen molar-refractivity contribution < 1.29 is 18.6 Å². The molecule has 4 N–H and O–H groups in total. The molecular weight excluding hydrogens is 468 g/mol. The van der Waals surface area contributed by atoms with Gasteiger partial charge in [-0.25, -0.2) is 14.8 Å². The Morgan fingerprint density at radius 2 is 1.91 bits per heavy atom. The fourth-order valence-corrected chi connectivity index (χ4v) is 5.07. The van der Waals surface area contributed by atoms with Crippen LogP contribution >= 0.6 is 10.6 Å². The minimum absolute atomic E-state index is 0.0465. The maximum Gasteiger partial charge on any atom is 0.319 e. The Hall–Kier alpha value is -3.25. The number of rotatable bonds is 7. The van der Waals surface area contributed by atoms with E-state index in [-0.39, 0.29) is 17.8 Å². The third kappa shape index (κ3) is 6.25. The summed E-state index contributed by atoms with van der Waals surface area (Å²) in [4.78, 5) is 27.8. The van der Waals surface area contributed by atoms with E-state index in [2.05, 4.69) is 32.4 Å². The number of hydrogen-bond acceptors (Lipinski definition) is 8. The van der Waals surface area contributed by atoms with Crippen molar-refractivity contribution in [2.24, 2.45) is 0 Å². The Balaban J connectivity index is 1.67. The second kappa shape index (κ2) is 11.0. The summed E-state index contributed by atoms with van der Waals surface area (Å²) in [6.07, 6.45) is 3.07. The summed E-state index contributed by atoms with van der Waals surface area (Å²) in [6.45, 7) is 6.29. The van der Waals surface area contributed by atoms with E-state index in [1.165, 1.54) is 12.4 Å². The molecule has 0 saturated carbocycles. The van der Waals surface area contributed by atoms with E-state index in [1.807, 2.05) is 25.1 Å². The molecule has 1 fully saturated rings. The highest BCUT2D eigenvalue weighted by Crippen LogP contribution is 2.50. The number of pyridine rings is 1. The fourth-order valence-electron chi connectivity index (χ4n) is 3.78. The molecule has 1 atom stereocenters. The number of anilines is 2. The largest absolute Gasteiger partial charge is 0.377 e. The maximum atomic E-state index is 11.8. The van der Waals surface area contributed by atoms with E-state index in [4.69, 9.17) is 9.72 Å². The summed E-state index contributed by atoms with van der Waals surface area (Å²) in [5.41, 5.74) is 1.91. The molecule has 3 heterocycles. The van der Waals surface area contributed by atoms with E-state index in [9.17, 15) is 13.9 Å². The van der Waals surface area contributed by atoms with Gasteiger partial charge in [-0.15, -0.1) is 0 Å². The van der Waals surface area contributed by atoms with E-state index >= 15 is 0 Å². The van der Waals surface area contributed by atoms with Crippen LogP contribution in [-0.4, -0.2) is 62.4 Å². The van der Waals surface area contributed by atoms with Gasteiger partial charge in [0.2, 0.25) is 0 Å². The van der Waals surface area contributed by atoms with Gasteiger partial charge in [0.1, 0.15) is 5.82 Å². The number of hydrogen-bond donors (Lipinski definition) is 4. The minimum atomic E-state index is -3.13. The van der Waals surface area contributed by atoms with Crippen LogP contribution in [0.1, 0.15) is 19.5 Å². The van der Waals surface area contributed by atoms with Crippen molar-refractivity contribution in [2.45, 2.75) is 30.5 Å². The fraction of sp³-hybridized carbons (Fsp3) is 0.333. The number of urea groups is 1.